The average molecular weight is 399 g/mol. The molecule has 0 fully saturated rings. The van der Waals surface area contributed by atoms with Crippen LogP contribution in [0.4, 0.5) is 22.0 Å². The molecule has 1 amide bonds. The van der Waals surface area contributed by atoms with Crippen LogP contribution >= 0.6 is 0 Å². The lowest BCUT2D eigenvalue weighted by atomic mass is 10.1. The van der Waals surface area contributed by atoms with E-state index in [0.717, 1.165) is 24.3 Å². The van der Waals surface area contributed by atoms with Gasteiger partial charge in [0.1, 0.15) is 11.4 Å². The molecule has 3 rings (SSSR count). The number of carbonyl (C=O) groups excluding carboxylic acids is 1. The Kier molecular flexibility index (Phi) is 4.99. The summed E-state index contributed by atoms with van der Waals surface area (Å²) in [5, 5.41) is 3.54. The SMILES string of the molecule is NC(=O)c1c(F)ccc(OCc2nc(-c3cccc(C(F)(F)F)c3)no2)c1F. The molecule has 0 aliphatic heterocycles. The van der Waals surface area contributed by atoms with Crippen molar-refractivity contribution in [2.75, 3.05) is 0 Å². The van der Waals surface area contributed by atoms with Crippen molar-refractivity contribution in [3.63, 3.8) is 0 Å². The molecule has 3 aromatic rings. The van der Waals surface area contributed by atoms with Gasteiger partial charge in [0.2, 0.25) is 5.82 Å². The van der Waals surface area contributed by atoms with Gasteiger partial charge in [-0.1, -0.05) is 17.3 Å². The molecule has 0 aliphatic rings. The van der Waals surface area contributed by atoms with Crippen molar-refractivity contribution in [1.82, 2.24) is 10.1 Å². The molecule has 2 aromatic carbocycles. The molecule has 0 unspecified atom stereocenters. The highest BCUT2D eigenvalue weighted by Gasteiger charge is 2.30. The third kappa shape index (κ3) is 3.92. The van der Waals surface area contributed by atoms with Crippen molar-refractivity contribution >= 4 is 5.91 Å². The largest absolute Gasteiger partial charge is 0.481 e. The summed E-state index contributed by atoms with van der Waals surface area (Å²) in [6, 6.07) is 5.99. The predicted octanol–water partition coefficient (Wildman–Crippen LogP) is 3.71. The van der Waals surface area contributed by atoms with Gasteiger partial charge in [0.15, 0.2) is 18.2 Å². The molecule has 11 heteroatoms. The first-order valence-corrected chi connectivity index (χ1v) is 7.57. The zero-order valence-corrected chi connectivity index (χ0v) is 13.8. The Hall–Kier alpha value is -3.50. The molecule has 6 nitrogen and oxygen atoms in total. The van der Waals surface area contributed by atoms with Gasteiger partial charge in [-0.25, -0.2) is 8.78 Å². The lowest BCUT2D eigenvalue weighted by Crippen LogP contribution is -2.16. The quantitative estimate of drug-likeness (QED) is 0.661. The Morgan fingerprint density at radius 2 is 1.93 bits per heavy atom. The van der Waals surface area contributed by atoms with E-state index in [1.54, 1.807) is 0 Å². The minimum atomic E-state index is -4.54. The number of nitrogens with two attached hydrogens (primary N) is 1. The van der Waals surface area contributed by atoms with Crippen LogP contribution in [0.5, 0.6) is 5.75 Å². The number of ether oxygens (including phenoxy) is 1. The summed E-state index contributed by atoms with van der Waals surface area (Å²) in [5.74, 6) is -4.58. The van der Waals surface area contributed by atoms with Crippen LogP contribution in [0.1, 0.15) is 21.8 Å². The molecule has 0 aliphatic carbocycles. The highest BCUT2D eigenvalue weighted by atomic mass is 19.4. The number of hydrogen-bond donors (Lipinski definition) is 1. The van der Waals surface area contributed by atoms with Gasteiger partial charge in [-0.05, 0) is 24.3 Å². The van der Waals surface area contributed by atoms with Crippen molar-refractivity contribution in [2.24, 2.45) is 5.73 Å². The first kappa shape index (κ1) is 19.3. The number of primary amides is 1. The Balaban J connectivity index is 1.78. The molecule has 2 N–H and O–H groups in total. The maximum atomic E-state index is 14.1. The number of halogens is 5. The Labute approximate surface area is 153 Å². The number of nitrogens with zero attached hydrogens (tertiary/aromatic N) is 2. The van der Waals surface area contributed by atoms with Crippen molar-refractivity contribution in [3.05, 3.63) is 65.1 Å². The fourth-order valence-corrected chi connectivity index (χ4v) is 2.28. The molecule has 0 saturated heterocycles. The molecule has 0 atom stereocenters. The normalized spacial score (nSPS) is 11.5. The highest BCUT2D eigenvalue weighted by Crippen LogP contribution is 2.31. The third-order valence-corrected chi connectivity index (χ3v) is 3.57. The van der Waals surface area contributed by atoms with Crippen LogP contribution in [0.2, 0.25) is 0 Å². The van der Waals surface area contributed by atoms with Gasteiger partial charge >= 0.3 is 6.18 Å². The fourth-order valence-electron chi connectivity index (χ4n) is 2.28. The van der Waals surface area contributed by atoms with Crippen molar-refractivity contribution in [2.45, 2.75) is 12.8 Å². The van der Waals surface area contributed by atoms with Crippen LogP contribution < -0.4 is 10.5 Å². The number of hydrogen-bond acceptors (Lipinski definition) is 5. The van der Waals surface area contributed by atoms with E-state index >= 15 is 0 Å². The molecule has 1 aromatic heterocycles. The molecule has 0 bridgehead atoms. The number of aromatic nitrogens is 2. The highest BCUT2D eigenvalue weighted by molar-refractivity contribution is 5.93. The first-order chi connectivity index (χ1) is 13.2. The molecule has 0 spiro atoms. The zero-order chi connectivity index (χ0) is 20.5. The van der Waals surface area contributed by atoms with Gasteiger partial charge in [-0.2, -0.15) is 18.2 Å². The average Bonchev–Trinajstić information content (AvgIpc) is 3.09. The zero-order valence-electron chi connectivity index (χ0n) is 13.8. The van der Waals surface area contributed by atoms with Crippen LogP contribution in [0, 0.1) is 11.6 Å². The summed E-state index contributed by atoms with van der Waals surface area (Å²) in [6.07, 6.45) is -4.54. The molecule has 28 heavy (non-hydrogen) atoms. The molecule has 0 radical (unpaired) electrons. The van der Waals surface area contributed by atoms with E-state index < -0.39 is 47.2 Å². The first-order valence-electron chi connectivity index (χ1n) is 7.57. The van der Waals surface area contributed by atoms with E-state index in [0.29, 0.717) is 0 Å². The van der Waals surface area contributed by atoms with Crippen LogP contribution in [0.25, 0.3) is 11.4 Å². The van der Waals surface area contributed by atoms with E-state index in [2.05, 4.69) is 10.1 Å². The number of carbonyl (C=O) groups is 1. The predicted molar refractivity (Wildman–Crippen MR) is 83.9 cm³/mol. The van der Waals surface area contributed by atoms with Crippen LogP contribution in [0.3, 0.4) is 0 Å². The van der Waals surface area contributed by atoms with E-state index in [4.69, 9.17) is 15.0 Å². The Morgan fingerprint density at radius 1 is 1.18 bits per heavy atom. The number of rotatable bonds is 5. The van der Waals surface area contributed by atoms with E-state index in [1.807, 2.05) is 0 Å². The summed E-state index contributed by atoms with van der Waals surface area (Å²) in [4.78, 5) is 15.0. The van der Waals surface area contributed by atoms with Crippen LogP contribution in [-0.4, -0.2) is 16.0 Å². The maximum absolute atomic E-state index is 14.1. The molecular formula is C17H10F5N3O3. The fraction of sp³-hybridized carbons (Fsp3) is 0.118. The summed E-state index contributed by atoms with van der Waals surface area (Å²) in [5.41, 5.74) is 3.10. The Morgan fingerprint density at radius 3 is 2.61 bits per heavy atom. The minimum absolute atomic E-state index is 0.0498. The second-order valence-corrected chi connectivity index (χ2v) is 5.48. The van der Waals surface area contributed by atoms with Gasteiger partial charge in [0.05, 0.1) is 5.56 Å². The van der Waals surface area contributed by atoms with Crippen LogP contribution in [-0.2, 0) is 12.8 Å². The van der Waals surface area contributed by atoms with Gasteiger partial charge in [0, 0.05) is 5.56 Å². The van der Waals surface area contributed by atoms with Gasteiger partial charge in [0.25, 0.3) is 11.8 Å². The second kappa shape index (κ2) is 7.25. The van der Waals surface area contributed by atoms with E-state index in [9.17, 15) is 26.7 Å². The maximum Gasteiger partial charge on any atom is 0.416 e. The minimum Gasteiger partial charge on any atom is -0.481 e. The van der Waals surface area contributed by atoms with Gasteiger partial charge in [-0.3, -0.25) is 4.79 Å². The standard InChI is InChI=1S/C17H10F5N3O3/c18-10-4-5-11(14(19)13(10)15(23)26)27-7-12-24-16(25-28-12)8-2-1-3-9(6-8)17(20,21)22/h1-6H,7H2,(H2,23,26). The molecular weight excluding hydrogens is 389 g/mol. The smallest absolute Gasteiger partial charge is 0.416 e. The summed E-state index contributed by atoms with van der Waals surface area (Å²) in [6.45, 7) is -0.479. The summed E-state index contributed by atoms with van der Waals surface area (Å²) in [7, 11) is 0. The lowest BCUT2D eigenvalue weighted by Gasteiger charge is -2.07. The van der Waals surface area contributed by atoms with Gasteiger partial charge in [-0.15, -0.1) is 0 Å². The third-order valence-electron chi connectivity index (χ3n) is 3.57. The monoisotopic (exact) mass is 399 g/mol. The van der Waals surface area contributed by atoms with Crippen molar-refractivity contribution in [3.8, 4) is 17.1 Å². The van der Waals surface area contributed by atoms with Crippen molar-refractivity contribution < 1.29 is 36.0 Å². The number of alkyl halides is 3. The second-order valence-electron chi connectivity index (χ2n) is 5.48. The number of benzene rings is 2. The summed E-state index contributed by atoms with van der Waals surface area (Å²) >= 11 is 0. The van der Waals surface area contributed by atoms with E-state index in [1.165, 1.54) is 12.1 Å². The summed E-state index contributed by atoms with van der Waals surface area (Å²) < 4.78 is 75.8. The Bertz CT molecular complexity index is 1030. The topological polar surface area (TPSA) is 91.2 Å². The van der Waals surface area contributed by atoms with Gasteiger partial charge < -0.3 is 15.0 Å². The molecule has 0 saturated carbocycles. The molecule has 146 valence electrons. The van der Waals surface area contributed by atoms with E-state index in [-0.39, 0.29) is 17.3 Å². The molecule has 1 heterocycles. The number of amides is 1. The van der Waals surface area contributed by atoms with Crippen LogP contribution in [0.15, 0.2) is 40.9 Å². The lowest BCUT2D eigenvalue weighted by molar-refractivity contribution is -0.137. The van der Waals surface area contributed by atoms with Crippen molar-refractivity contribution in [1.29, 1.82) is 0 Å².